The van der Waals surface area contributed by atoms with E-state index in [2.05, 4.69) is 24.8 Å². The van der Waals surface area contributed by atoms with Gasteiger partial charge in [0.1, 0.15) is 0 Å². The monoisotopic (exact) mass is 383 g/mol. The number of carbonyl (C=O) groups is 1. The van der Waals surface area contributed by atoms with Crippen LogP contribution in [0.15, 0.2) is 42.0 Å². The van der Waals surface area contributed by atoms with Crippen LogP contribution in [-0.4, -0.2) is 42.2 Å². The van der Waals surface area contributed by atoms with Crippen molar-refractivity contribution >= 4 is 5.97 Å². The van der Waals surface area contributed by atoms with E-state index in [0.29, 0.717) is 29.9 Å². The van der Waals surface area contributed by atoms with E-state index in [1.807, 2.05) is 30.3 Å². The molecule has 2 aliphatic carbocycles. The summed E-state index contributed by atoms with van der Waals surface area (Å²) < 4.78 is 5.75. The number of likely N-dealkylation sites (tertiary alicyclic amines) is 1. The van der Waals surface area contributed by atoms with Crippen LogP contribution in [0, 0.1) is 23.7 Å². The first-order valence-electron chi connectivity index (χ1n) is 10.8. The summed E-state index contributed by atoms with van der Waals surface area (Å²) in [4.78, 5) is 15.5. The van der Waals surface area contributed by atoms with Crippen LogP contribution in [0.3, 0.4) is 0 Å². The fourth-order valence-corrected chi connectivity index (χ4v) is 5.28. The summed E-state index contributed by atoms with van der Waals surface area (Å²) in [6.45, 7) is 7.95. The molecule has 1 heterocycles. The number of nitrogens with zero attached hydrogens (tertiary/aromatic N) is 1. The summed E-state index contributed by atoms with van der Waals surface area (Å²) >= 11 is 0. The van der Waals surface area contributed by atoms with Crippen molar-refractivity contribution in [2.75, 3.05) is 26.2 Å². The van der Waals surface area contributed by atoms with Gasteiger partial charge in [0.05, 0.1) is 6.61 Å². The molecule has 4 rings (SSSR count). The van der Waals surface area contributed by atoms with Gasteiger partial charge in [-0.2, -0.15) is 0 Å². The van der Waals surface area contributed by atoms with Gasteiger partial charge in [-0.05, 0) is 44.1 Å². The van der Waals surface area contributed by atoms with Crippen molar-refractivity contribution in [1.82, 2.24) is 4.90 Å². The SMILES string of the molecule is CC(C)=CCN1C[C@@H]2C(COC(=O)C(O)(c3ccccc3)C3CCCC3)[C@@H]2C1. The van der Waals surface area contributed by atoms with Gasteiger partial charge >= 0.3 is 5.97 Å². The predicted molar refractivity (Wildman–Crippen MR) is 110 cm³/mol. The van der Waals surface area contributed by atoms with E-state index in [1.54, 1.807) is 0 Å². The molecule has 152 valence electrons. The highest BCUT2D eigenvalue weighted by Gasteiger charge is 2.56. The maximum absolute atomic E-state index is 13.1. The minimum atomic E-state index is -1.50. The molecule has 28 heavy (non-hydrogen) atoms. The molecular formula is C24H33NO3. The van der Waals surface area contributed by atoms with Crippen LogP contribution in [0.25, 0.3) is 0 Å². The quantitative estimate of drug-likeness (QED) is 0.575. The number of aliphatic hydroxyl groups is 1. The van der Waals surface area contributed by atoms with Crippen molar-refractivity contribution in [3.8, 4) is 0 Å². The number of hydrogen-bond donors (Lipinski definition) is 1. The van der Waals surface area contributed by atoms with E-state index in [4.69, 9.17) is 4.74 Å². The molecule has 2 unspecified atom stereocenters. The first kappa shape index (κ1) is 19.7. The van der Waals surface area contributed by atoms with Crippen molar-refractivity contribution in [2.45, 2.75) is 45.1 Å². The zero-order valence-electron chi connectivity index (χ0n) is 17.1. The molecule has 4 nitrogen and oxygen atoms in total. The van der Waals surface area contributed by atoms with Crippen LogP contribution in [0.1, 0.15) is 45.1 Å². The average Bonchev–Trinajstić information content (AvgIpc) is 3.12. The van der Waals surface area contributed by atoms with Crippen LogP contribution in [0.2, 0.25) is 0 Å². The molecule has 2 saturated carbocycles. The Kier molecular flexibility index (Phi) is 5.62. The highest BCUT2D eigenvalue weighted by molar-refractivity contribution is 5.81. The normalized spacial score (nSPS) is 29.2. The molecular weight excluding hydrogens is 350 g/mol. The van der Waals surface area contributed by atoms with E-state index >= 15 is 0 Å². The smallest absolute Gasteiger partial charge is 0.343 e. The number of benzene rings is 1. The molecule has 4 heteroatoms. The summed E-state index contributed by atoms with van der Waals surface area (Å²) in [5, 5.41) is 11.5. The van der Waals surface area contributed by atoms with E-state index in [0.717, 1.165) is 45.3 Å². The lowest BCUT2D eigenvalue weighted by molar-refractivity contribution is -0.174. The largest absolute Gasteiger partial charge is 0.463 e. The number of piperidine rings is 1. The Morgan fingerprint density at radius 3 is 2.43 bits per heavy atom. The third kappa shape index (κ3) is 3.77. The number of allylic oxidation sites excluding steroid dienone is 1. The van der Waals surface area contributed by atoms with E-state index < -0.39 is 11.6 Å². The van der Waals surface area contributed by atoms with Gasteiger partial charge in [0.15, 0.2) is 5.60 Å². The molecule has 4 atom stereocenters. The van der Waals surface area contributed by atoms with Gasteiger partial charge in [-0.25, -0.2) is 4.79 Å². The highest BCUT2D eigenvalue weighted by atomic mass is 16.6. The Morgan fingerprint density at radius 2 is 1.82 bits per heavy atom. The highest BCUT2D eigenvalue weighted by Crippen LogP contribution is 2.52. The van der Waals surface area contributed by atoms with E-state index in [9.17, 15) is 9.90 Å². The second-order valence-corrected chi connectivity index (χ2v) is 9.20. The van der Waals surface area contributed by atoms with E-state index in [1.165, 1.54) is 5.57 Å². The summed E-state index contributed by atoms with van der Waals surface area (Å²) in [5.41, 5.74) is 0.533. The third-order valence-corrected chi connectivity index (χ3v) is 7.08. The molecule has 0 radical (unpaired) electrons. The fourth-order valence-electron chi connectivity index (χ4n) is 5.28. The van der Waals surface area contributed by atoms with Gasteiger partial charge in [0.25, 0.3) is 0 Å². The number of ether oxygens (including phenoxy) is 1. The van der Waals surface area contributed by atoms with Gasteiger partial charge in [-0.3, -0.25) is 4.90 Å². The Morgan fingerprint density at radius 1 is 1.18 bits per heavy atom. The lowest BCUT2D eigenvalue weighted by atomic mass is 9.80. The topological polar surface area (TPSA) is 49.8 Å². The summed E-state index contributed by atoms with van der Waals surface area (Å²) in [7, 11) is 0. The maximum Gasteiger partial charge on any atom is 0.343 e. The second kappa shape index (κ2) is 8.00. The van der Waals surface area contributed by atoms with Gasteiger partial charge in [0, 0.05) is 31.5 Å². The molecule has 1 aliphatic heterocycles. The standard InChI is InChI=1S/C24H33NO3/c1-17(2)12-13-25-14-20-21(15-25)22(20)16-28-23(26)24(27,19-10-6-7-11-19)18-8-4-3-5-9-18/h3-5,8-9,12,19-22,27H,6-7,10-11,13-16H2,1-2H3/t20-,21+,22?,24?. The van der Waals surface area contributed by atoms with Gasteiger partial charge in [0.2, 0.25) is 0 Å². The maximum atomic E-state index is 13.1. The molecule has 1 N–H and O–H groups in total. The zero-order chi connectivity index (χ0) is 19.7. The second-order valence-electron chi connectivity index (χ2n) is 9.20. The Hall–Kier alpha value is -1.65. The van der Waals surface area contributed by atoms with Crippen molar-refractivity contribution < 1.29 is 14.6 Å². The lowest BCUT2D eigenvalue weighted by Gasteiger charge is -2.32. The first-order valence-corrected chi connectivity index (χ1v) is 10.8. The molecule has 0 amide bonds. The molecule has 0 bridgehead atoms. The Labute approximate surface area is 168 Å². The Balaban J connectivity index is 1.35. The first-order chi connectivity index (χ1) is 13.5. The summed E-state index contributed by atoms with van der Waals surface area (Å²) in [6, 6.07) is 9.39. The number of hydrogen-bond acceptors (Lipinski definition) is 4. The molecule has 3 fully saturated rings. The van der Waals surface area contributed by atoms with E-state index in [-0.39, 0.29) is 5.92 Å². The van der Waals surface area contributed by atoms with Crippen LogP contribution < -0.4 is 0 Å². The molecule has 0 aromatic heterocycles. The van der Waals surface area contributed by atoms with Crippen LogP contribution in [0.5, 0.6) is 0 Å². The predicted octanol–water partition coefficient (Wildman–Crippen LogP) is 3.75. The van der Waals surface area contributed by atoms with Crippen molar-refractivity contribution in [1.29, 1.82) is 0 Å². The Bertz CT molecular complexity index is 709. The molecule has 1 saturated heterocycles. The van der Waals surface area contributed by atoms with Gasteiger partial charge in [-0.15, -0.1) is 0 Å². The van der Waals surface area contributed by atoms with Crippen molar-refractivity contribution in [3.05, 3.63) is 47.5 Å². The fraction of sp³-hybridized carbons (Fsp3) is 0.625. The van der Waals surface area contributed by atoms with Crippen LogP contribution in [0.4, 0.5) is 0 Å². The number of esters is 1. The number of rotatable bonds is 7. The van der Waals surface area contributed by atoms with Crippen LogP contribution in [-0.2, 0) is 15.1 Å². The average molecular weight is 384 g/mol. The number of fused-ring (bicyclic) bond motifs is 1. The van der Waals surface area contributed by atoms with Gasteiger partial charge in [-0.1, -0.05) is 54.8 Å². The molecule has 0 spiro atoms. The minimum Gasteiger partial charge on any atom is -0.463 e. The van der Waals surface area contributed by atoms with Crippen molar-refractivity contribution in [3.63, 3.8) is 0 Å². The third-order valence-electron chi connectivity index (χ3n) is 7.08. The molecule has 1 aromatic rings. The summed E-state index contributed by atoms with van der Waals surface area (Å²) in [6.07, 6.45) is 6.19. The van der Waals surface area contributed by atoms with Gasteiger partial charge < -0.3 is 9.84 Å². The lowest BCUT2D eigenvalue weighted by Crippen LogP contribution is -2.43. The van der Waals surface area contributed by atoms with Crippen molar-refractivity contribution in [2.24, 2.45) is 23.7 Å². The minimum absolute atomic E-state index is 0.0411. The molecule has 3 aliphatic rings. The molecule has 1 aromatic carbocycles. The van der Waals surface area contributed by atoms with Crippen LogP contribution >= 0.6 is 0 Å². The summed E-state index contributed by atoms with van der Waals surface area (Å²) in [5.74, 6) is 1.28. The number of carbonyl (C=O) groups excluding carboxylic acids is 1. The zero-order valence-corrected chi connectivity index (χ0v) is 17.1.